The quantitative estimate of drug-likeness (QED) is 0.372. The second-order valence-corrected chi connectivity index (χ2v) is 13.0. The maximum Gasteiger partial charge on any atom is 0.242 e. The van der Waals surface area contributed by atoms with E-state index in [1.165, 1.54) is 9.21 Å². The van der Waals surface area contributed by atoms with E-state index >= 15 is 0 Å². The summed E-state index contributed by atoms with van der Waals surface area (Å²) in [6.45, 7) is 5.83. The molecule has 1 saturated carbocycles. The van der Waals surface area contributed by atoms with Crippen LogP contribution in [0.25, 0.3) is 0 Å². The second kappa shape index (κ2) is 13.2. The normalized spacial score (nSPS) is 14.8. The monoisotopic (exact) mass is 581 g/mol. The summed E-state index contributed by atoms with van der Waals surface area (Å²) in [5.41, 5.74) is 3.17. The molecule has 1 aliphatic carbocycles. The van der Waals surface area contributed by atoms with Crippen LogP contribution in [-0.2, 0) is 26.2 Å². The SMILES string of the molecule is Cc1cc(C)cc(N(CCCC(=O)N(Cc2ccc(Cl)cc2Cl)[C@@H](C)C(=O)NC2CCCC2)S(C)(=O)=O)c1. The standard InChI is InChI=1S/C28H37Cl2N3O4S/c1-19-14-20(2)16-25(15-19)33(38(4,36)37)13-7-10-27(34)32(18-22-11-12-23(29)17-26(22)30)21(3)28(35)31-24-8-5-6-9-24/h11-12,14-17,21,24H,5-10,13,18H2,1-4H3,(H,31,35)/t21-/m0/s1. The summed E-state index contributed by atoms with van der Waals surface area (Å²) >= 11 is 12.4. The Morgan fingerprint density at radius 3 is 2.26 bits per heavy atom. The van der Waals surface area contributed by atoms with Crippen LogP contribution >= 0.6 is 23.2 Å². The largest absolute Gasteiger partial charge is 0.352 e. The molecule has 0 unspecified atom stereocenters. The van der Waals surface area contributed by atoms with Gasteiger partial charge in [-0.25, -0.2) is 8.42 Å². The van der Waals surface area contributed by atoms with Gasteiger partial charge in [-0.3, -0.25) is 13.9 Å². The van der Waals surface area contributed by atoms with Gasteiger partial charge in [-0.1, -0.05) is 48.2 Å². The molecule has 0 aromatic heterocycles. The van der Waals surface area contributed by atoms with Crippen LogP contribution in [0.4, 0.5) is 5.69 Å². The molecule has 1 fully saturated rings. The number of carbonyl (C=O) groups is 2. The van der Waals surface area contributed by atoms with E-state index in [0.29, 0.717) is 27.7 Å². The summed E-state index contributed by atoms with van der Waals surface area (Å²) in [5.74, 6) is -0.456. The van der Waals surface area contributed by atoms with E-state index in [2.05, 4.69) is 5.32 Å². The van der Waals surface area contributed by atoms with Gasteiger partial charge in [-0.05, 0) is 81.0 Å². The highest BCUT2D eigenvalue weighted by Crippen LogP contribution is 2.25. The van der Waals surface area contributed by atoms with Crippen molar-refractivity contribution in [1.82, 2.24) is 10.2 Å². The molecule has 0 radical (unpaired) electrons. The lowest BCUT2D eigenvalue weighted by atomic mass is 10.1. The zero-order chi connectivity index (χ0) is 28.0. The van der Waals surface area contributed by atoms with E-state index in [1.54, 1.807) is 25.1 Å². The van der Waals surface area contributed by atoms with E-state index in [1.807, 2.05) is 32.0 Å². The third-order valence-electron chi connectivity index (χ3n) is 6.87. The molecule has 208 valence electrons. The van der Waals surface area contributed by atoms with Gasteiger partial charge >= 0.3 is 0 Å². The average Bonchev–Trinajstić information content (AvgIpc) is 3.32. The van der Waals surface area contributed by atoms with E-state index in [-0.39, 0.29) is 37.4 Å². The number of hydrogen-bond donors (Lipinski definition) is 1. The minimum Gasteiger partial charge on any atom is -0.352 e. The maximum atomic E-state index is 13.5. The first-order valence-electron chi connectivity index (χ1n) is 12.9. The predicted octanol–water partition coefficient (Wildman–Crippen LogP) is 5.63. The second-order valence-electron chi connectivity index (χ2n) is 10.2. The number of carbonyl (C=O) groups excluding carboxylic acids is 2. The van der Waals surface area contributed by atoms with E-state index in [9.17, 15) is 18.0 Å². The van der Waals surface area contributed by atoms with Crippen LogP contribution in [0.15, 0.2) is 36.4 Å². The predicted molar refractivity (Wildman–Crippen MR) is 154 cm³/mol. The number of amides is 2. The summed E-state index contributed by atoms with van der Waals surface area (Å²) < 4.78 is 26.5. The zero-order valence-corrected chi connectivity index (χ0v) is 24.8. The summed E-state index contributed by atoms with van der Waals surface area (Å²) in [7, 11) is -3.56. The average molecular weight is 583 g/mol. The molecule has 2 aromatic carbocycles. The fraction of sp³-hybridized carbons (Fsp3) is 0.500. The molecule has 1 aliphatic rings. The van der Waals surface area contributed by atoms with Crippen molar-refractivity contribution in [2.45, 2.75) is 77.9 Å². The smallest absolute Gasteiger partial charge is 0.242 e. The summed E-state index contributed by atoms with van der Waals surface area (Å²) in [6.07, 6.45) is 5.57. The number of halogens is 2. The summed E-state index contributed by atoms with van der Waals surface area (Å²) in [4.78, 5) is 28.1. The van der Waals surface area contributed by atoms with Crippen LogP contribution in [-0.4, -0.2) is 50.0 Å². The first kappa shape index (κ1) is 30.3. The van der Waals surface area contributed by atoms with Crippen LogP contribution < -0.4 is 9.62 Å². The molecule has 2 amide bonds. The van der Waals surface area contributed by atoms with E-state index in [4.69, 9.17) is 23.2 Å². The molecule has 1 N–H and O–H groups in total. The lowest BCUT2D eigenvalue weighted by molar-refractivity contribution is -0.140. The zero-order valence-electron chi connectivity index (χ0n) is 22.5. The Kier molecular flexibility index (Phi) is 10.5. The van der Waals surface area contributed by atoms with Gasteiger partial charge in [0.25, 0.3) is 0 Å². The molecule has 38 heavy (non-hydrogen) atoms. The molecule has 2 aromatic rings. The third-order valence-corrected chi connectivity index (χ3v) is 8.65. The van der Waals surface area contributed by atoms with Gasteiger partial charge in [0.2, 0.25) is 21.8 Å². The third kappa shape index (κ3) is 8.35. The number of benzene rings is 2. The Morgan fingerprint density at radius 2 is 1.68 bits per heavy atom. The number of anilines is 1. The van der Waals surface area contributed by atoms with E-state index in [0.717, 1.165) is 43.1 Å². The molecule has 3 rings (SSSR count). The minimum absolute atomic E-state index is 0.0725. The highest BCUT2D eigenvalue weighted by molar-refractivity contribution is 7.92. The fourth-order valence-corrected chi connectivity index (χ4v) is 6.32. The van der Waals surface area contributed by atoms with Crippen molar-refractivity contribution in [3.8, 4) is 0 Å². The number of nitrogens with one attached hydrogen (secondary N) is 1. The number of rotatable bonds is 11. The first-order chi connectivity index (χ1) is 17.8. The van der Waals surface area contributed by atoms with Crippen molar-refractivity contribution in [2.75, 3.05) is 17.1 Å². The Balaban J connectivity index is 1.76. The Hall–Kier alpha value is -2.29. The van der Waals surface area contributed by atoms with Crippen molar-refractivity contribution in [3.05, 3.63) is 63.1 Å². The first-order valence-corrected chi connectivity index (χ1v) is 15.6. The molecule has 1 atom stereocenters. The highest BCUT2D eigenvalue weighted by atomic mass is 35.5. The molecule has 0 aliphatic heterocycles. The number of hydrogen-bond acceptors (Lipinski definition) is 4. The molecule has 7 nitrogen and oxygen atoms in total. The lowest BCUT2D eigenvalue weighted by Gasteiger charge is -2.30. The highest BCUT2D eigenvalue weighted by Gasteiger charge is 2.29. The maximum absolute atomic E-state index is 13.5. The van der Waals surface area contributed by atoms with Crippen molar-refractivity contribution < 1.29 is 18.0 Å². The molecule has 0 heterocycles. The number of aryl methyl sites for hydroxylation is 2. The van der Waals surface area contributed by atoms with Crippen LogP contribution in [0, 0.1) is 13.8 Å². The summed E-state index contributed by atoms with van der Waals surface area (Å²) in [6, 6.07) is 10.1. The van der Waals surface area contributed by atoms with Gasteiger partial charge in [0.1, 0.15) is 6.04 Å². The Bertz CT molecular complexity index is 1240. The number of nitrogens with zero attached hydrogens (tertiary/aromatic N) is 2. The van der Waals surface area contributed by atoms with Crippen LogP contribution in [0.1, 0.15) is 62.1 Å². The fourth-order valence-electron chi connectivity index (χ4n) is 4.91. The Labute approximate surface area is 236 Å². The Morgan fingerprint density at radius 1 is 1.05 bits per heavy atom. The van der Waals surface area contributed by atoms with Crippen molar-refractivity contribution in [1.29, 1.82) is 0 Å². The van der Waals surface area contributed by atoms with Crippen molar-refractivity contribution in [3.63, 3.8) is 0 Å². The molecule has 0 bridgehead atoms. The van der Waals surface area contributed by atoms with Gasteiger partial charge in [0.05, 0.1) is 11.9 Å². The molecule has 0 saturated heterocycles. The number of sulfonamides is 1. The van der Waals surface area contributed by atoms with Crippen LogP contribution in [0.3, 0.4) is 0 Å². The van der Waals surface area contributed by atoms with Gasteiger partial charge in [0.15, 0.2) is 0 Å². The van der Waals surface area contributed by atoms with Gasteiger partial charge < -0.3 is 10.2 Å². The van der Waals surface area contributed by atoms with Gasteiger partial charge in [-0.15, -0.1) is 0 Å². The van der Waals surface area contributed by atoms with Crippen molar-refractivity contribution >= 4 is 50.7 Å². The summed E-state index contributed by atoms with van der Waals surface area (Å²) in [5, 5.41) is 3.97. The van der Waals surface area contributed by atoms with Crippen LogP contribution in [0.2, 0.25) is 10.0 Å². The van der Waals surface area contributed by atoms with E-state index < -0.39 is 16.1 Å². The van der Waals surface area contributed by atoms with Crippen molar-refractivity contribution in [2.24, 2.45) is 0 Å². The minimum atomic E-state index is -3.56. The molecule has 0 spiro atoms. The van der Waals surface area contributed by atoms with Gasteiger partial charge in [0, 0.05) is 35.6 Å². The molecular formula is C28H37Cl2N3O4S. The molecule has 10 heteroatoms. The molecular weight excluding hydrogens is 545 g/mol. The lowest BCUT2D eigenvalue weighted by Crippen LogP contribution is -2.49. The topological polar surface area (TPSA) is 86.8 Å². The van der Waals surface area contributed by atoms with Gasteiger partial charge in [-0.2, -0.15) is 0 Å². The van der Waals surface area contributed by atoms with Crippen LogP contribution in [0.5, 0.6) is 0 Å².